The largest absolute Gasteiger partial charge is 0.454 e. The van der Waals surface area contributed by atoms with Crippen LogP contribution in [0, 0.1) is 0 Å². The van der Waals surface area contributed by atoms with Crippen molar-refractivity contribution >= 4 is 23.5 Å². The van der Waals surface area contributed by atoms with Crippen molar-refractivity contribution in [2.24, 2.45) is 0 Å². The van der Waals surface area contributed by atoms with Crippen molar-refractivity contribution in [1.82, 2.24) is 20.3 Å². The number of benzene rings is 1. The second-order valence-electron chi connectivity index (χ2n) is 5.40. The molecule has 2 aromatic rings. The molecule has 1 aromatic heterocycles. The fourth-order valence-electron chi connectivity index (χ4n) is 1.85. The third-order valence-corrected chi connectivity index (χ3v) is 3.11. The molecule has 158 valence electrons. The maximum Gasteiger partial charge on any atom is 0.422 e. The van der Waals surface area contributed by atoms with Crippen molar-refractivity contribution < 1.29 is 35.9 Å². The molecule has 3 N–H and O–H groups in total. The van der Waals surface area contributed by atoms with Crippen molar-refractivity contribution in [3.63, 3.8) is 0 Å². The van der Waals surface area contributed by atoms with Crippen LogP contribution in [0.1, 0.15) is 5.56 Å². The van der Waals surface area contributed by atoms with Gasteiger partial charge < -0.3 is 20.7 Å². The van der Waals surface area contributed by atoms with Crippen LogP contribution in [0.4, 0.5) is 43.9 Å². The highest BCUT2D eigenvalue weighted by Gasteiger charge is 2.31. The molecule has 0 unspecified atom stereocenters. The molecule has 0 aliphatic heterocycles. The number of alkyl halides is 6. The minimum atomic E-state index is -4.67. The highest BCUT2D eigenvalue weighted by atomic mass is 19.4. The van der Waals surface area contributed by atoms with Gasteiger partial charge in [-0.25, -0.2) is 0 Å². The Morgan fingerprint density at radius 3 is 2.38 bits per heavy atom. The van der Waals surface area contributed by atoms with E-state index in [1.54, 1.807) is 0 Å². The predicted octanol–water partition coefficient (Wildman–Crippen LogP) is 2.73. The van der Waals surface area contributed by atoms with E-state index in [1.807, 2.05) is 0 Å². The van der Waals surface area contributed by atoms with Crippen LogP contribution in [0.3, 0.4) is 0 Å². The first kappa shape index (κ1) is 22.0. The van der Waals surface area contributed by atoms with E-state index in [-0.39, 0.29) is 18.2 Å². The number of anilines is 3. The number of halogens is 6. The molecule has 0 aliphatic carbocycles. The third kappa shape index (κ3) is 7.31. The van der Waals surface area contributed by atoms with Gasteiger partial charge in [0.2, 0.25) is 17.8 Å². The SMILES string of the molecule is CNC(=O)CNc1nc(Nc2cccc(C(F)(F)F)c2)nc(OCC(F)(F)F)n1. The van der Waals surface area contributed by atoms with Crippen LogP contribution < -0.4 is 20.7 Å². The van der Waals surface area contributed by atoms with E-state index in [4.69, 9.17) is 0 Å². The number of hydrogen-bond acceptors (Lipinski definition) is 7. The number of carbonyl (C=O) groups excluding carboxylic acids is 1. The van der Waals surface area contributed by atoms with Crippen LogP contribution in [-0.2, 0) is 11.0 Å². The first-order chi connectivity index (χ1) is 13.5. The molecule has 0 saturated heterocycles. The molecule has 1 aromatic carbocycles. The Kier molecular flexibility index (Phi) is 6.66. The van der Waals surface area contributed by atoms with Crippen LogP contribution in [0.2, 0.25) is 0 Å². The fourth-order valence-corrected chi connectivity index (χ4v) is 1.85. The third-order valence-electron chi connectivity index (χ3n) is 3.11. The average molecular weight is 424 g/mol. The average Bonchev–Trinajstić information content (AvgIpc) is 2.63. The van der Waals surface area contributed by atoms with Crippen LogP contribution in [0.25, 0.3) is 0 Å². The van der Waals surface area contributed by atoms with Crippen molar-refractivity contribution in [3.8, 4) is 6.01 Å². The van der Waals surface area contributed by atoms with Gasteiger partial charge in [0, 0.05) is 12.7 Å². The van der Waals surface area contributed by atoms with E-state index in [0.717, 1.165) is 18.2 Å². The van der Waals surface area contributed by atoms with Gasteiger partial charge in [-0.05, 0) is 18.2 Å². The zero-order chi connectivity index (χ0) is 21.7. The molecule has 0 aliphatic rings. The van der Waals surface area contributed by atoms with E-state index >= 15 is 0 Å². The van der Waals surface area contributed by atoms with Crippen LogP contribution in [0.5, 0.6) is 6.01 Å². The lowest BCUT2D eigenvalue weighted by Gasteiger charge is -2.12. The van der Waals surface area contributed by atoms with Gasteiger partial charge in [0.05, 0.1) is 12.1 Å². The minimum absolute atomic E-state index is 0.0787. The maximum absolute atomic E-state index is 12.8. The summed E-state index contributed by atoms with van der Waals surface area (Å²) < 4.78 is 80.0. The van der Waals surface area contributed by atoms with Gasteiger partial charge in [-0.1, -0.05) is 6.07 Å². The lowest BCUT2D eigenvalue weighted by atomic mass is 10.2. The normalized spacial score (nSPS) is 11.7. The second-order valence-corrected chi connectivity index (χ2v) is 5.40. The first-order valence-electron chi connectivity index (χ1n) is 7.80. The molecule has 0 saturated carbocycles. The zero-order valence-electron chi connectivity index (χ0n) is 14.6. The van der Waals surface area contributed by atoms with Crippen LogP contribution >= 0.6 is 0 Å². The van der Waals surface area contributed by atoms with Gasteiger partial charge in [0.25, 0.3) is 0 Å². The number of nitrogens with zero attached hydrogens (tertiary/aromatic N) is 3. The number of nitrogens with one attached hydrogen (secondary N) is 3. The molecule has 1 heterocycles. The molecule has 29 heavy (non-hydrogen) atoms. The molecule has 0 spiro atoms. The summed E-state index contributed by atoms with van der Waals surface area (Å²) in [4.78, 5) is 22.3. The number of likely N-dealkylation sites (N-methyl/N-ethyl adjacent to an activating group) is 1. The van der Waals surface area contributed by atoms with Crippen molar-refractivity contribution in [2.45, 2.75) is 12.4 Å². The summed E-state index contributed by atoms with van der Waals surface area (Å²) in [6.45, 7) is -2.02. The van der Waals surface area contributed by atoms with E-state index in [1.165, 1.54) is 13.1 Å². The summed E-state index contributed by atoms with van der Waals surface area (Å²) in [5.74, 6) is -1.19. The summed E-state index contributed by atoms with van der Waals surface area (Å²) in [6, 6.07) is 3.25. The first-order valence-corrected chi connectivity index (χ1v) is 7.80. The van der Waals surface area contributed by atoms with Gasteiger partial charge in [0.15, 0.2) is 6.61 Å². The Balaban J connectivity index is 2.27. The molecule has 0 bridgehead atoms. The highest BCUT2D eigenvalue weighted by Crippen LogP contribution is 2.31. The maximum atomic E-state index is 12.8. The summed E-state index contributed by atoms with van der Waals surface area (Å²) in [5.41, 5.74) is -1.03. The Labute approximate surface area is 159 Å². The van der Waals surface area contributed by atoms with Gasteiger partial charge in [-0.15, -0.1) is 0 Å². The topological polar surface area (TPSA) is 101 Å². The van der Waals surface area contributed by atoms with E-state index in [9.17, 15) is 31.1 Å². The van der Waals surface area contributed by atoms with Crippen LogP contribution in [-0.4, -0.2) is 47.2 Å². The molecule has 0 atom stereocenters. The molecule has 14 heteroatoms. The summed E-state index contributed by atoms with van der Waals surface area (Å²) >= 11 is 0. The number of rotatable bonds is 7. The van der Waals surface area contributed by atoms with E-state index in [2.05, 4.69) is 35.6 Å². The van der Waals surface area contributed by atoms with Crippen molar-refractivity contribution in [3.05, 3.63) is 29.8 Å². The Hall–Kier alpha value is -3.32. The summed E-state index contributed by atoms with van der Waals surface area (Å²) in [7, 11) is 1.36. The molecule has 0 fully saturated rings. The lowest BCUT2D eigenvalue weighted by Crippen LogP contribution is -2.27. The quantitative estimate of drug-likeness (QED) is 0.588. The van der Waals surface area contributed by atoms with Gasteiger partial charge in [0.1, 0.15) is 0 Å². The monoisotopic (exact) mass is 424 g/mol. The molecule has 0 radical (unpaired) electrons. The Morgan fingerprint density at radius 2 is 1.76 bits per heavy atom. The molecular weight excluding hydrogens is 410 g/mol. The number of ether oxygens (including phenoxy) is 1. The minimum Gasteiger partial charge on any atom is -0.454 e. The number of carbonyl (C=O) groups is 1. The summed E-state index contributed by atoms with van der Waals surface area (Å²) in [6.07, 6.45) is -9.27. The zero-order valence-corrected chi connectivity index (χ0v) is 14.6. The Bertz CT molecular complexity index is 858. The second kappa shape index (κ2) is 8.79. The van der Waals surface area contributed by atoms with Gasteiger partial charge >= 0.3 is 18.4 Å². The molecule has 2 rings (SSSR count). The Morgan fingerprint density at radius 1 is 1.07 bits per heavy atom. The van der Waals surface area contributed by atoms with E-state index in [0.29, 0.717) is 0 Å². The fraction of sp³-hybridized carbons (Fsp3) is 0.333. The molecule has 8 nitrogen and oxygen atoms in total. The number of hydrogen-bond donors (Lipinski definition) is 3. The number of amides is 1. The smallest absolute Gasteiger partial charge is 0.422 e. The predicted molar refractivity (Wildman–Crippen MR) is 88.7 cm³/mol. The van der Waals surface area contributed by atoms with E-state index < -0.39 is 42.4 Å². The van der Waals surface area contributed by atoms with Crippen molar-refractivity contribution in [2.75, 3.05) is 30.8 Å². The molecular formula is C15H14F6N6O2. The number of aromatic nitrogens is 3. The summed E-state index contributed by atoms with van der Waals surface area (Å²) in [5, 5.41) is 7.17. The van der Waals surface area contributed by atoms with Crippen molar-refractivity contribution in [1.29, 1.82) is 0 Å². The molecule has 1 amide bonds. The van der Waals surface area contributed by atoms with Gasteiger partial charge in [-0.3, -0.25) is 4.79 Å². The lowest BCUT2D eigenvalue weighted by molar-refractivity contribution is -0.154. The van der Waals surface area contributed by atoms with Gasteiger partial charge in [-0.2, -0.15) is 41.3 Å². The van der Waals surface area contributed by atoms with Crippen LogP contribution in [0.15, 0.2) is 24.3 Å². The highest BCUT2D eigenvalue weighted by molar-refractivity contribution is 5.79. The standard InChI is InChI=1S/C15H14F6N6O2/c1-22-10(28)6-23-11-25-12(27-13(26-11)29-7-14(16,17)18)24-9-4-2-3-8(5-9)15(19,20)21/h2-5H,6-7H2,1H3,(H,22,28)(H2,23,24,25,26,27).